The summed E-state index contributed by atoms with van der Waals surface area (Å²) >= 11 is 0. The average Bonchev–Trinajstić information content (AvgIpc) is 2.18. The lowest BCUT2D eigenvalue weighted by Crippen LogP contribution is -2.43. The van der Waals surface area contributed by atoms with E-state index >= 15 is 0 Å². The highest BCUT2D eigenvalue weighted by atomic mass is 16.3. The zero-order valence-electron chi connectivity index (χ0n) is 9.29. The van der Waals surface area contributed by atoms with Crippen molar-refractivity contribution in [3.8, 4) is 5.75 Å². The molecule has 1 aromatic rings. The first kappa shape index (κ1) is 11.0. The van der Waals surface area contributed by atoms with Gasteiger partial charge in [0, 0.05) is 12.1 Å². The fourth-order valence-electron chi connectivity index (χ4n) is 1.70. The Bertz CT molecular complexity index is 400. The molecule has 0 atom stereocenters. The zero-order chi connectivity index (χ0) is 11.5. The van der Waals surface area contributed by atoms with Crippen LogP contribution in [0.3, 0.4) is 0 Å². The van der Waals surface area contributed by atoms with E-state index in [1.807, 2.05) is 0 Å². The summed E-state index contributed by atoms with van der Waals surface area (Å²) in [5, 5.41) is 15.3. The number of rotatable bonds is 3. The number of carbonyl (C=O) groups excluding carboxylic acids is 1. The number of aryl methyl sites for hydroxylation is 1. The molecule has 0 aromatic heterocycles. The molecule has 4 heteroatoms. The second kappa shape index (κ2) is 4.53. The van der Waals surface area contributed by atoms with Crippen LogP contribution in [-0.4, -0.2) is 24.1 Å². The molecule has 1 fully saturated rings. The number of hydrogen-bond acceptors (Lipinski definition) is 3. The van der Waals surface area contributed by atoms with E-state index in [2.05, 4.69) is 10.6 Å². The molecular formula is C12H16N2O2. The molecule has 1 aliphatic heterocycles. The summed E-state index contributed by atoms with van der Waals surface area (Å²) in [6.45, 7) is 3.67. The van der Waals surface area contributed by atoms with Crippen molar-refractivity contribution in [2.24, 2.45) is 5.92 Å². The Morgan fingerprint density at radius 2 is 2.31 bits per heavy atom. The van der Waals surface area contributed by atoms with Crippen LogP contribution in [0.1, 0.15) is 12.0 Å². The number of phenolic OH excluding ortho intramolecular Hbond substituents is 1. The summed E-state index contributed by atoms with van der Waals surface area (Å²) in [5.41, 5.74) is 1.51. The van der Waals surface area contributed by atoms with E-state index < -0.39 is 0 Å². The van der Waals surface area contributed by atoms with Crippen molar-refractivity contribution in [2.45, 2.75) is 13.3 Å². The quantitative estimate of drug-likeness (QED) is 0.672. The molecule has 0 saturated carbocycles. The lowest BCUT2D eigenvalue weighted by molar-refractivity contribution is -0.117. The predicted octanol–water partition coefficient (Wildman–Crippen LogP) is 1.25. The minimum atomic E-state index is 0.0385. The third kappa shape index (κ3) is 2.52. The standard InChI is InChI=1S/C12H16N2O2/c1-8-4-10(2-3-11(8)15)14-12(16)5-9-6-13-7-9/h2-4,9,13,15H,5-7H2,1H3,(H,14,16). The van der Waals surface area contributed by atoms with Gasteiger partial charge in [-0.05, 0) is 49.7 Å². The third-order valence-electron chi connectivity index (χ3n) is 2.82. The van der Waals surface area contributed by atoms with Gasteiger partial charge in [0.2, 0.25) is 5.91 Å². The number of amides is 1. The normalized spacial score (nSPS) is 15.6. The predicted molar refractivity (Wildman–Crippen MR) is 62.5 cm³/mol. The Balaban J connectivity index is 1.92. The van der Waals surface area contributed by atoms with Gasteiger partial charge in [0.25, 0.3) is 0 Å². The van der Waals surface area contributed by atoms with Crippen LogP contribution >= 0.6 is 0 Å². The smallest absolute Gasteiger partial charge is 0.224 e. The molecule has 1 aliphatic rings. The lowest BCUT2D eigenvalue weighted by atomic mass is 9.99. The molecule has 0 aliphatic carbocycles. The maximum Gasteiger partial charge on any atom is 0.224 e. The van der Waals surface area contributed by atoms with Crippen LogP contribution in [0.2, 0.25) is 0 Å². The number of benzene rings is 1. The summed E-state index contributed by atoms with van der Waals surface area (Å²) in [6, 6.07) is 5.07. The van der Waals surface area contributed by atoms with Gasteiger partial charge in [-0.15, -0.1) is 0 Å². The average molecular weight is 220 g/mol. The maximum absolute atomic E-state index is 11.6. The van der Waals surface area contributed by atoms with Crippen LogP contribution < -0.4 is 10.6 Å². The van der Waals surface area contributed by atoms with E-state index in [1.54, 1.807) is 25.1 Å². The number of nitrogens with one attached hydrogen (secondary N) is 2. The second-order valence-electron chi connectivity index (χ2n) is 4.28. The summed E-state index contributed by atoms with van der Waals surface area (Å²) in [4.78, 5) is 11.6. The van der Waals surface area contributed by atoms with E-state index in [0.717, 1.165) is 24.3 Å². The van der Waals surface area contributed by atoms with Crippen molar-refractivity contribution in [3.05, 3.63) is 23.8 Å². The van der Waals surface area contributed by atoms with Crippen LogP contribution in [0.5, 0.6) is 5.75 Å². The minimum absolute atomic E-state index is 0.0385. The van der Waals surface area contributed by atoms with E-state index in [9.17, 15) is 9.90 Å². The highest BCUT2D eigenvalue weighted by Crippen LogP contribution is 2.20. The van der Waals surface area contributed by atoms with Gasteiger partial charge < -0.3 is 15.7 Å². The molecule has 16 heavy (non-hydrogen) atoms. The number of hydrogen-bond donors (Lipinski definition) is 3. The van der Waals surface area contributed by atoms with Crippen molar-refractivity contribution >= 4 is 11.6 Å². The highest BCUT2D eigenvalue weighted by Gasteiger charge is 2.19. The Labute approximate surface area is 94.7 Å². The van der Waals surface area contributed by atoms with E-state index in [-0.39, 0.29) is 11.7 Å². The Kier molecular flexibility index (Phi) is 3.10. The largest absolute Gasteiger partial charge is 0.508 e. The summed E-state index contributed by atoms with van der Waals surface area (Å²) < 4.78 is 0. The van der Waals surface area contributed by atoms with Crippen molar-refractivity contribution < 1.29 is 9.90 Å². The van der Waals surface area contributed by atoms with Crippen LogP contribution in [0.15, 0.2) is 18.2 Å². The first-order chi connectivity index (χ1) is 7.65. The van der Waals surface area contributed by atoms with Gasteiger partial charge in [0.15, 0.2) is 0 Å². The van der Waals surface area contributed by atoms with Crippen molar-refractivity contribution in [1.82, 2.24) is 5.32 Å². The molecule has 86 valence electrons. The zero-order valence-corrected chi connectivity index (χ0v) is 9.29. The highest BCUT2D eigenvalue weighted by molar-refractivity contribution is 5.91. The molecule has 4 nitrogen and oxygen atoms in total. The molecule has 0 spiro atoms. The van der Waals surface area contributed by atoms with Crippen LogP contribution in [0.25, 0.3) is 0 Å². The van der Waals surface area contributed by atoms with Gasteiger partial charge in [-0.1, -0.05) is 0 Å². The number of aromatic hydroxyl groups is 1. The number of anilines is 1. The molecule has 0 unspecified atom stereocenters. The van der Waals surface area contributed by atoms with Gasteiger partial charge >= 0.3 is 0 Å². The lowest BCUT2D eigenvalue weighted by Gasteiger charge is -2.26. The molecule has 1 saturated heterocycles. The van der Waals surface area contributed by atoms with Gasteiger partial charge in [-0.3, -0.25) is 4.79 Å². The third-order valence-corrected chi connectivity index (χ3v) is 2.82. The van der Waals surface area contributed by atoms with Gasteiger partial charge in [0.1, 0.15) is 5.75 Å². The van der Waals surface area contributed by atoms with Gasteiger partial charge in [0.05, 0.1) is 0 Å². The molecule has 0 bridgehead atoms. The Hall–Kier alpha value is -1.55. The molecule has 2 rings (SSSR count). The van der Waals surface area contributed by atoms with Crippen LogP contribution in [0, 0.1) is 12.8 Å². The second-order valence-corrected chi connectivity index (χ2v) is 4.28. The van der Waals surface area contributed by atoms with E-state index in [1.165, 1.54) is 0 Å². The molecule has 1 heterocycles. The summed E-state index contributed by atoms with van der Waals surface area (Å²) in [6.07, 6.45) is 0.562. The molecule has 3 N–H and O–H groups in total. The maximum atomic E-state index is 11.6. The van der Waals surface area contributed by atoms with Crippen molar-refractivity contribution in [3.63, 3.8) is 0 Å². The molecule has 1 aromatic carbocycles. The van der Waals surface area contributed by atoms with Crippen LogP contribution in [-0.2, 0) is 4.79 Å². The topological polar surface area (TPSA) is 61.4 Å². The number of phenols is 1. The first-order valence-corrected chi connectivity index (χ1v) is 5.45. The van der Waals surface area contributed by atoms with Crippen LogP contribution in [0.4, 0.5) is 5.69 Å². The molecule has 1 amide bonds. The van der Waals surface area contributed by atoms with E-state index in [4.69, 9.17) is 0 Å². The Morgan fingerprint density at radius 3 is 2.88 bits per heavy atom. The summed E-state index contributed by atoms with van der Waals surface area (Å²) in [7, 11) is 0. The fourth-order valence-corrected chi connectivity index (χ4v) is 1.70. The van der Waals surface area contributed by atoms with E-state index in [0.29, 0.717) is 12.3 Å². The first-order valence-electron chi connectivity index (χ1n) is 5.45. The minimum Gasteiger partial charge on any atom is -0.508 e. The van der Waals surface area contributed by atoms with Crippen molar-refractivity contribution in [2.75, 3.05) is 18.4 Å². The Morgan fingerprint density at radius 1 is 1.56 bits per heavy atom. The van der Waals surface area contributed by atoms with Crippen molar-refractivity contribution in [1.29, 1.82) is 0 Å². The van der Waals surface area contributed by atoms with Gasteiger partial charge in [-0.25, -0.2) is 0 Å². The fraction of sp³-hybridized carbons (Fsp3) is 0.417. The van der Waals surface area contributed by atoms with Gasteiger partial charge in [-0.2, -0.15) is 0 Å². The number of carbonyl (C=O) groups is 1. The SMILES string of the molecule is Cc1cc(NC(=O)CC2CNC2)ccc1O. The monoisotopic (exact) mass is 220 g/mol. The molecular weight excluding hydrogens is 204 g/mol. The molecule has 0 radical (unpaired) electrons. The summed E-state index contributed by atoms with van der Waals surface area (Å²) in [5.74, 6) is 0.760.